The first-order chi connectivity index (χ1) is 8.78. The Labute approximate surface area is 105 Å². The van der Waals surface area contributed by atoms with Crippen LogP contribution in [-0.4, -0.2) is 19.5 Å². The summed E-state index contributed by atoms with van der Waals surface area (Å²) < 4.78 is 3.93. The minimum Gasteiger partial charge on any atom is -0.392 e. The average Bonchev–Trinajstić information content (AvgIpc) is 2.95. The molecule has 0 amide bonds. The smallest absolute Gasteiger partial charge is 0.0821 e. The normalized spacial score (nSPS) is 11.2. The summed E-state index contributed by atoms with van der Waals surface area (Å²) in [6.45, 7) is 0.789. The van der Waals surface area contributed by atoms with Gasteiger partial charge in [0.15, 0.2) is 0 Å². The first kappa shape index (κ1) is 11.0. The molecule has 0 aliphatic heterocycles. The van der Waals surface area contributed by atoms with Crippen molar-refractivity contribution in [3.05, 3.63) is 54.0 Å². The summed E-state index contributed by atoms with van der Waals surface area (Å²) in [5.74, 6) is 0. The molecule has 0 unspecified atom stereocenters. The van der Waals surface area contributed by atoms with E-state index < -0.39 is 0 Å². The maximum Gasteiger partial charge on any atom is 0.0821 e. The first-order valence-electron chi connectivity index (χ1n) is 5.94. The number of benzene rings is 1. The number of aliphatic hydroxyl groups is 1. The molecule has 4 heteroatoms. The highest BCUT2D eigenvalue weighted by molar-refractivity contribution is 5.83. The van der Waals surface area contributed by atoms with E-state index in [4.69, 9.17) is 0 Å². The van der Waals surface area contributed by atoms with Crippen LogP contribution in [0.15, 0.2) is 42.7 Å². The van der Waals surface area contributed by atoms with Crippen molar-refractivity contribution in [2.75, 3.05) is 0 Å². The molecule has 92 valence electrons. The number of hydrogen-bond donors (Lipinski definition) is 1. The zero-order valence-electron chi connectivity index (χ0n) is 10.2. The molecule has 1 N–H and O–H groups in total. The molecular formula is C14H15N3O. The van der Waals surface area contributed by atoms with Crippen molar-refractivity contribution < 1.29 is 5.11 Å². The fourth-order valence-corrected chi connectivity index (χ4v) is 2.30. The van der Waals surface area contributed by atoms with Gasteiger partial charge in [-0.05, 0) is 12.1 Å². The molecular weight excluding hydrogens is 226 g/mol. The summed E-state index contributed by atoms with van der Waals surface area (Å²) in [5.41, 5.74) is 3.11. The Morgan fingerprint density at radius 3 is 2.78 bits per heavy atom. The second kappa shape index (κ2) is 4.31. The van der Waals surface area contributed by atoms with E-state index in [0.29, 0.717) is 0 Å². The molecule has 0 atom stereocenters. The summed E-state index contributed by atoms with van der Waals surface area (Å²) in [5, 5.41) is 14.9. The third kappa shape index (κ3) is 1.80. The molecule has 0 saturated heterocycles. The van der Waals surface area contributed by atoms with Crippen molar-refractivity contribution in [2.24, 2.45) is 7.05 Å². The quantitative estimate of drug-likeness (QED) is 0.761. The largest absolute Gasteiger partial charge is 0.392 e. The zero-order chi connectivity index (χ0) is 12.5. The van der Waals surface area contributed by atoms with Crippen LogP contribution >= 0.6 is 0 Å². The van der Waals surface area contributed by atoms with Gasteiger partial charge in [-0.3, -0.25) is 4.68 Å². The average molecular weight is 241 g/mol. The summed E-state index contributed by atoms with van der Waals surface area (Å²) >= 11 is 0. The van der Waals surface area contributed by atoms with Crippen LogP contribution < -0.4 is 0 Å². The third-order valence-electron chi connectivity index (χ3n) is 3.14. The lowest BCUT2D eigenvalue weighted by molar-refractivity contribution is 0.283. The molecule has 4 nitrogen and oxygen atoms in total. The van der Waals surface area contributed by atoms with Crippen LogP contribution in [0.4, 0.5) is 0 Å². The van der Waals surface area contributed by atoms with Crippen LogP contribution in [0.5, 0.6) is 0 Å². The highest BCUT2D eigenvalue weighted by Gasteiger charge is 2.08. The fraction of sp³-hybridized carbons (Fsp3) is 0.214. The summed E-state index contributed by atoms with van der Waals surface area (Å²) in [6, 6.07) is 10.1. The molecule has 0 aliphatic rings. The van der Waals surface area contributed by atoms with Gasteiger partial charge in [-0.2, -0.15) is 5.10 Å². The van der Waals surface area contributed by atoms with Gasteiger partial charge < -0.3 is 9.67 Å². The molecule has 0 fully saturated rings. The highest BCUT2D eigenvalue weighted by Crippen LogP contribution is 2.22. The Kier molecular flexibility index (Phi) is 2.64. The van der Waals surface area contributed by atoms with E-state index in [1.807, 2.05) is 43.7 Å². The molecule has 0 spiro atoms. The van der Waals surface area contributed by atoms with E-state index in [1.165, 1.54) is 0 Å². The summed E-state index contributed by atoms with van der Waals surface area (Å²) in [6.07, 6.45) is 3.94. The summed E-state index contributed by atoms with van der Waals surface area (Å²) in [7, 11) is 1.91. The van der Waals surface area contributed by atoms with Gasteiger partial charge in [0.1, 0.15) is 0 Å². The topological polar surface area (TPSA) is 43.0 Å². The molecule has 0 radical (unpaired) electrons. The van der Waals surface area contributed by atoms with Crippen molar-refractivity contribution in [3.8, 4) is 0 Å². The minimum absolute atomic E-state index is 0.0652. The van der Waals surface area contributed by atoms with E-state index >= 15 is 0 Å². The number of aromatic nitrogens is 3. The zero-order valence-corrected chi connectivity index (χ0v) is 10.2. The number of hydrogen-bond acceptors (Lipinski definition) is 2. The number of nitrogens with zero attached hydrogens (tertiary/aromatic N) is 3. The fourth-order valence-electron chi connectivity index (χ4n) is 2.30. The number of rotatable bonds is 3. The number of aliphatic hydroxyl groups excluding tert-OH is 1. The molecule has 2 aromatic heterocycles. The Hall–Kier alpha value is -2.07. The maximum atomic E-state index is 9.39. The van der Waals surface area contributed by atoms with Crippen LogP contribution in [-0.2, 0) is 20.2 Å². The lowest BCUT2D eigenvalue weighted by Gasteiger charge is -2.02. The van der Waals surface area contributed by atoms with Gasteiger partial charge in [0, 0.05) is 35.9 Å². The van der Waals surface area contributed by atoms with Gasteiger partial charge in [-0.15, -0.1) is 0 Å². The molecule has 0 aliphatic carbocycles. The Balaban J connectivity index is 2.06. The Bertz CT molecular complexity index is 681. The van der Waals surface area contributed by atoms with Crippen LogP contribution in [0.2, 0.25) is 0 Å². The second-order valence-corrected chi connectivity index (χ2v) is 4.44. The predicted molar refractivity (Wildman–Crippen MR) is 70.2 cm³/mol. The van der Waals surface area contributed by atoms with E-state index in [2.05, 4.69) is 15.7 Å². The van der Waals surface area contributed by atoms with E-state index in [0.717, 1.165) is 28.7 Å². The minimum atomic E-state index is 0.0652. The monoisotopic (exact) mass is 241 g/mol. The molecule has 0 bridgehead atoms. The van der Waals surface area contributed by atoms with Crippen LogP contribution in [0.25, 0.3) is 10.9 Å². The van der Waals surface area contributed by atoms with Gasteiger partial charge >= 0.3 is 0 Å². The van der Waals surface area contributed by atoms with Gasteiger partial charge in [0.2, 0.25) is 0 Å². The molecule has 2 heterocycles. The van der Waals surface area contributed by atoms with E-state index in [9.17, 15) is 5.11 Å². The van der Waals surface area contributed by atoms with Gasteiger partial charge in [0.05, 0.1) is 18.8 Å². The molecule has 1 aromatic carbocycles. The second-order valence-electron chi connectivity index (χ2n) is 4.44. The van der Waals surface area contributed by atoms with Crippen molar-refractivity contribution in [2.45, 2.75) is 13.2 Å². The van der Waals surface area contributed by atoms with Crippen molar-refractivity contribution in [1.82, 2.24) is 14.3 Å². The van der Waals surface area contributed by atoms with Gasteiger partial charge in [-0.25, -0.2) is 0 Å². The van der Waals surface area contributed by atoms with Gasteiger partial charge in [-0.1, -0.05) is 18.2 Å². The number of fused-ring (bicyclic) bond motifs is 1. The van der Waals surface area contributed by atoms with Crippen LogP contribution in [0.1, 0.15) is 11.3 Å². The first-order valence-corrected chi connectivity index (χ1v) is 5.94. The number of para-hydroxylation sites is 1. The lowest BCUT2D eigenvalue weighted by atomic mass is 10.2. The lowest BCUT2D eigenvalue weighted by Crippen LogP contribution is -1.99. The molecule has 3 aromatic rings. The molecule has 0 saturated carbocycles. The SMILES string of the molecule is Cn1ccc(Cn2cc(CO)c3ccccc32)n1. The Morgan fingerprint density at radius 2 is 2.06 bits per heavy atom. The standard InChI is InChI=1S/C14H15N3O/c1-16-7-6-12(15-16)9-17-8-11(10-18)13-4-2-3-5-14(13)17/h2-8,18H,9-10H2,1H3. The maximum absolute atomic E-state index is 9.39. The number of aryl methyl sites for hydroxylation is 1. The van der Waals surface area contributed by atoms with Crippen LogP contribution in [0.3, 0.4) is 0 Å². The Morgan fingerprint density at radius 1 is 1.22 bits per heavy atom. The van der Waals surface area contributed by atoms with Crippen molar-refractivity contribution in [3.63, 3.8) is 0 Å². The van der Waals surface area contributed by atoms with Gasteiger partial charge in [0.25, 0.3) is 0 Å². The highest BCUT2D eigenvalue weighted by atomic mass is 16.3. The summed E-state index contributed by atoms with van der Waals surface area (Å²) in [4.78, 5) is 0. The van der Waals surface area contributed by atoms with E-state index in [1.54, 1.807) is 4.68 Å². The van der Waals surface area contributed by atoms with Crippen molar-refractivity contribution in [1.29, 1.82) is 0 Å². The van der Waals surface area contributed by atoms with E-state index in [-0.39, 0.29) is 6.61 Å². The predicted octanol–water partition coefficient (Wildman–Crippen LogP) is 1.92. The van der Waals surface area contributed by atoms with Crippen molar-refractivity contribution >= 4 is 10.9 Å². The molecule has 3 rings (SSSR count). The van der Waals surface area contributed by atoms with Crippen LogP contribution in [0, 0.1) is 0 Å². The third-order valence-corrected chi connectivity index (χ3v) is 3.14. The molecule has 18 heavy (non-hydrogen) atoms.